The van der Waals surface area contributed by atoms with Gasteiger partial charge < -0.3 is 14.5 Å². The third kappa shape index (κ3) is 4.31. The number of furan rings is 1. The van der Waals surface area contributed by atoms with E-state index in [4.69, 9.17) is 4.42 Å². The SMILES string of the molecule is Fc1cc2cc(-c3nn[nH]n3)oc2cc1CNc1ccc(OC(F)(F)F)c(Br)c1. The van der Waals surface area contributed by atoms with Gasteiger partial charge in [-0.1, -0.05) is 0 Å². The second-order valence-corrected chi connectivity index (χ2v) is 6.73. The van der Waals surface area contributed by atoms with Crippen molar-refractivity contribution >= 4 is 32.6 Å². The number of halogens is 5. The largest absolute Gasteiger partial charge is 0.573 e. The van der Waals surface area contributed by atoms with Crippen molar-refractivity contribution in [1.82, 2.24) is 20.6 Å². The molecule has 0 saturated carbocycles. The molecule has 4 rings (SSSR count). The van der Waals surface area contributed by atoms with Crippen LogP contribution >= 0.6 is 15.9 Å². The van der Waals surface area contributed by atoms with Crippen LogP contribution in [0.5, 0.6) is 5.75 Å². The van der Waals surface area contributed by atoms with E-state index >= 15 is 0 Å². The van der Waals surface area contributed by atoms with E-state index in [1.807, 2.05) is 0 Å². The van der Waals surface area contributed by atoms with Crippen LogP contribution in [0.15, 0.2) is 45.3 Å². The van der Waals surface area contributed by atoms with Crippen molar-refractivity contribution in [2.24, 2.45) is 0 Å². The Bertz CT molecular complexity index is 1160. The lowest BCUT2D eigenvalue weighted by Crippen LogP contribution is -2.17. The quantitative estimate of drug-likeness (QED) is 0.397. The van der Waals surface area contributed by atoms with E-state index in [1.165, 1.54) is 24.3 Å². The molecule has 150 valence electrons. The molecule has 0 fully saturated rings. The third-order valence-corrected chi connectivity index (χ3v) is 4.51. The number of tetrazole rings is 1. The molecule has 12 heteroatoms. The number of nitrogens with zero attached hydrogens (tertiary/aromatic N) is 3. The Morgan fingerprint density at radius 3 is 2.69 bits per heavy atom. The number of nitrogens with one attached hydrogen (secondary N) is 2. The summed E-state index contributed by atoms with van der Waals surface area (Å²) in [6.45, 7) is 0.0753. The smallest absolute Gasteiger partial charge is 0.453 e. The van der Waals surface area contributed by atoms with Crippen molar-refractivity contribution in [3.63, 3.8) is 0 Å². The second-order valence-electron chi connectivity index (χ2n) is 5.87. The Hall–Kier alpha value is -3.15. The minimum atomic E-state index is -4.79. The lowest BCUT2D eigenvalue weighted by molar-refractivity contribution is -0.274. The predicted octanol–water partition coefficient (Wildman–Crippen LogP) is 5.03. The second kappa shape index (κ2) is 7.35. The molecule has 0 aliphatic rings. The Labute approximate surface area is 168 Å². The Morgan fingerprint density at radius 2 is 2.00 bits per heavy atom. The zero-order chi connectivity index (χ0) is 20.6. The van der Waals surface area contributed by atoms with E-state index in [1.54, 1.807) is 6.07 Å². The zero-order valence-corrected chi connectivity index (χ0v) is 15.8. The molecular formula is C17H10BrF4N5O2. The molecule has 0 spiro atoms. The van der Waals surface area contributed by atoms with Crippen molar-refractivity contribution in [2.45, 2.75) is 12.9 Å². The monoisotopic (exact) mass is 471 g/mol. The summed E-state index contributed by atoms with van der Waals surface area (Å²) in [7, 11) is 0. The molecule has 7 nitrogen and oxygen atoms in total. The summed E-state index contributed by atoms with van der Waals surface area (Å²) in [6.07, 6.45) is -4.79. The van der Waals surface area contributed by atoms with Crippen LogP contribution in [0.2, 0.25) is 0 Å². The molecule has 4 aromatic rings. The number of H-pyrrole nitrogens is 1. The van der Waals surface area contributed by atoms with Crippen LogP contribution in [-0.2, 0) is 6.54 Å². The molecule has 0 amide bonds. The zero-order valence-electron chi connectivity index (χ0n) is 14.2. The van der Waals surface area contributed by atoms with E-state index in [0.717, 1.165) is 6.07 Å². The number of ether oxygens (including phenoxy) is 1. The number of hydrogen-bond acceptors (Lipinski definition) is 6. The van der Waals surface area contributed by atoms with E-state index in [2.05, 4.69) is 46.6 Å². The first-order valence-corrected chi connectivity index (χ1v) is 8.83. The van der Waals surface area contributed by atoms with Gasteiger partial charge in [-0.25, -0.2) is 4.39 Å². The van der Waals surface area contributed by atoms with Crippen molar-refractivity contribution < 1.29 is 26.7 Å². The van der Waals surface area contributed by atoms with Gasteiger partial charge in [-0.05, 0) is 57.5 Å². The standard InChI is InChI=1S/C17H10BrF4N5O2/c18-11-6-10(1-2-13(11)29-17(20,21)22)23-7-9-5-14-8(3-12(9)19)4-15(28-14)16-24-26-27-25-16/h1-6,23H,7H2,(H,24,25,26,27). The molecule has 29 heavy (non-hydrogen) atoms. The summed E-state index contributed by atoms with van der Waals surface area (Å²) < 4.78 is 61.0. The van der Waals surface area contributed by atoms with E-state index in [-0.39, 0.29) is 22.6 Å². The number of anilines is 1. The molecule has 0 aliphatic heterocycles. The van der Waals surface area contributed by atoms with Gasteiger partial charge in [0.1, 0.15) is 17.1 Å². The van der Waals surface area contributed by atoms with Gasteiger partial charge in [-0.2, -0.15) is 5.21 Å². The summed E-state index contributed by atoms with van der Waals surface area (Å²) in [5, 5.41) is 16.8. The molecule has 2 heterocycles. The number of rotatable bonds is 5. The number of benzene rings is 2. The molecule has 2 N–H and O–H groups in total. The predicted molar refractivity (Wildman–Crippen MR) is 97.5 cm³/mol. The first-order valence-electron chi connectivity index (χ1n) is 8.03. The van der Waals surface area contributed by atoms with Crippen LogP contribution in [0.1, 0.15) is 5.56 Å². The van der Waals surface area contributed by atoms with Crippen molar-refractivity contribution in [1.29, 1.82) is 0 Å². The van der Waals surface area contributed by atoms with Gasteiger partial charge in [0.05, 0.1) is 4.47 Å². The van der Waals surface area contributed by atoms with Gasteiger partial charge in [0, 0.05) is 23.2 Å². The number of fused-ring (bicyclic) bond motifs is 1. The average Bonchev–Trinajstić information content (AvgIpc) is 3.30. The van der Waals surface area contributed by atoms with E-state index < -0.39 is 12.2 Å². The molecule has 2 aromatic heterocycles. The Balaban J connectivity index is 1.52. The van der Waals surface area contributed by atoms with Gasteiger partial charge in [0.25, 0.3) is 0 Å². The van der Waals surface area contributed by atoms with E-state index in [9.17, 15) is 17.6 Å². The lowest BCUT2D eigenvalue weighted by Gasteiger charge is -2.13. The van der Waals surface area contributed by atoms with Crippen LogP contribution in [0.3, 0.4) is 0 Å². The van der Waals surface area contributed by atoms with Crippen LogP contribution < -0.4 is 10.1 Å². The van der Waals surface area contributed by atoms with Crippen LogP contribution in [0, 0.1) is 5.82 Å². The van der Waals surface area contributed by atoms with Gasteiger partial charge in [0.15, 0.2) is 5.76 Å². The Kier molecular flexibility index (Phi) is 4.86. The summed E-state index contributed by atoms with van der Waals surface area (Å²) in [4.78, 5) is 0. The molecule has 0 radical (unpaired) electrons. The molecule has 0 unspecified atom stereocenters. The molecule has 0 saturated heterocycles. The van der Waals surface area contributed by atoms with Crippen LogP contribution in [0.4, 0.5) is 23.2 Å². The topological polar surface area (TPSA) is 88.9 Å². The van der Waals surface area contributed by atoms with Crippen LogP contribution in [-0.4, -0.2) is 27.0 Å². The maximum absolute atomic E-state index is 14.4. The number of aromatic nitrogens is 4. The van der Waals surface area contributed by atoms with Crippen LogP contribution in [0.25, 0.3) is 22.6 Å². The van der Waals surface area contributed by atoms with Gasteiger partial charge in [-0.3, -0.25) is 0 Å². The normalized spacial score (nSPS) is 11.8. The van der Waals surface area contributed by atoms with E-state index in [0.29, 0.717) is 28.0 Å². The molecular weight excluding hydrogens is 462 g/mol. The lowest BCUT2D eigenvalue weighted by atomic mass is 10.1. The summed E-state index contributed by atoms with van der Waals surface area (Å²) in [5.41, 5.74) is 1.20. The summed E-state index contributed by atoms with van der Waals surface area (Å²) in [6, 6.07) is 8.38. The van der Waals surface area contributed by atoms with Gasteiger partial charge in [0.2, 0.25) is 5.82 Å². The first-order chi connectivity index (χ1) is 13.8. The molecule has 0 atom stereocenters. The Morgan fingerprint density at radius 1 is 1.17 bits per heavy atom. The fraction of sp³-hybridized carbons (Fsp3) is 0.118. The highest BCUT2D eigenvalue weighted by molar-refractivity contribution is 9.10. The minimum Gasteiger partial charge on any atom is -0.453 e. The van der Waals surface area contributed by atoms with Gasteiger partial charge >= 0.3 is 6.36 Å². The maximum Gasteiger partial charge on any atom is 0.573 e. The highest BCUT2D eigenvalue weighted by Crippen LogP contribution is 2.33. The van der Waals surface area contributed by atoms with Crippen molar-refractivity contribution in [2.75, 3.05) is 5.32 Å². The average molecular weight is 472 g/mol. The van der Waals surface area contributed by atoms with Crippen molar-refractivity contribution in [3.8, 4) is 17.3 Å². The maximum atomic E-state index is 14.4. The third-order valence-electron chi connectivity index (χ3n) is 3.89. The fourth-order valence-corrected chi connectivity index (χ4v) is 3.09. The van der Waals surface area contributed by atoms with Gasteiger partial charge in [-0.15, -0.1) is 23.4 Å². The minimum absolute atomic E-state index is 0.0753. The first kappa shape index (κ1) is 19.2. The number of alkyl halides is 3. The fourth-order valence-electron chi connectivity index (χ4n) is 2.63. The summed E-state index contributed by atoms with van der Waals surface area (Å²) >= 11 is 3.02. The summed E-state index contributed by atoms with van der Waals surface area (Å²) in [5.74, 6) is -0.267. The molecule has 0 bridgehead atoms. The highest BCUT2D eigenvalue weighted by Gasteiger charge is 2.31. The molecule has 0 aliphatic carbocycles. The molecule has 2 aromatic carbocycles. The highest BCUT2D eigenvalue weighted by atomic mass is 79.9. The number of aromatic amines is 1. The van der Waals surface area contributed by atoms with Crippen molar-refractivity contribution in [3.05, 3.63) is 52.3 Å². The number of hydrogen-bond donors (Lipinski definition) is 2.